The van der Waals surface area contributed by atoms with Crippen LogP contribution in [0.15, 0.2) is 47.3 Å². The number of rotatable bonds is 5. The number of allylic oxidation sites excluding steroid dienone is 2. The minimum atomic E-state index is 0.0984. The first-order valence-electron chi connectivity index (χ1n) is 6.57. The van der Waals surface area contributed by atoms with E-state index in [2.05, 4.69) is 24.1 Å². The number of H-pyrrole nitrogens is 1. The number of para-hydroxylation sites is 1. The van der Waals surface area contributed by atoms with Crippen LogP contribution < -0.4 is 5.43 Å². The molecular formula is C16H19NO. The minimum absolute atomic E-state index is 0.0984. The zero-order valence-corrected chi connectivity index (χ0v) is 10.8. The van der Waals surface area contributed by atoms with Crippen LogP contribution in [-0.2, 0) is 6.42 Å². The Labute approximate surface area is 107 Å². The second-order valence-electron chi connectivity index (χ2n) is 4.52. The minimum Gasteiger partial charge on any atom is -0.358 e. The van der Waals surface area contributed by atoms with Crippen molar-refractivity contribution < 1.29 is 0 Å². The summed E-state index contributed by atoms with van der Waals surface area (Å²) in [6, 6.07) is 9.34. The van der Waals surface area contributed by atoms with E-state index in [4.69, 9.17) is 0 Å². The van der Waals surface area contributed by atoms with E-state index in [0.717, 1.165) is 29.4 Å². The first-order chi connectivity index (χ1) is 8.81. The van der Waals surface area contributed by atoms with Crippen molar-refractivity contribution in [3.05, 3.63) is 58.4 Å². The lowest BCUT2D eigenvalue weighted by atomic mass is 10.1. The molecule has 0 aliphatic carbocycles. The molecule has 2 aromatic rings. The fourth-order valence-electron chi connectivity index (χ4n) is 2.01. The summed E-state index contributed by atoms with van der Waals surface area (Å²) in [6.07, 6.45) is 8.69. The Bertz CT molecular complexity index is 595. The predicted octanol–water partition coefficient (Wildman–Crippen LogP) is 3.82. The van der Waals surface area contributed by atoms with E-state index in [1.165, 1.54) is 12.8 Å². The summed E-state index contributed by atoms with van der Waals surface area (Å²) in [6.45, 7) is 2.19. The van der Waals surface area contributed by atoms with Crippen molar-refractivity contribution in [2.45, 2.75) is 32.6 Å². The Balaban J connectivity index is 2.15. The van der Waals surface area contributed by atoms with Crippen LogP contribution >= 0.6 is 0 Å². The van der Waals surface area contributed by atoms with Gasteiger partial charge in [0.05, 0.1) is 0 Å². The highest BCUT2D eigenvalue weighted by molar-refractivity contribution is 5.78. The monoisotopic (exact) mass is 241 g/mol. The summed E-state index contributed by atoms with van der Waals surface area (Å²) in [5, 5.41) is 0.760. The molecule has 2 rings (SSSR count). The van der Waals surface area contributed by atoms with E-state index in [1.807, 2.05) is 24.3 Å². The molecule has 1 aromatic carbocycles. The molecule has 0 aliphatic rings. The summed E-state index contributed by atoms with van der Waals surface area (Å²) >= 11 is 0. The highest BCUT2D eigenvalue weighted by atomic mass is 16.1. The van der Waals surface area contributed by atoms with Crippen LogP contribution in [-0.4, -0.2) is 4.98 Å². The van der Waals surface area contributed by atoms with Crippen LogP contribution in [0.5, 0.6) is 0 Å². The Morgan fingerprint density at radius 2 is 2.06 bits per heavy atom. The number of aromatic amines is 1. The zero-order chi connectivity index (χ0) is 12.8. The van der Waals surface area contributed by atoms with Crippen LogP contribution in [0, 0.1) is 0 Å². The molecule has 2 nitrogen and oxygen atoms in total. The zero-order valence-electron chi connectivity index (χ0n) is 10.8. The third-order valence-corrected chi connectivity index (χ3v) is 3.02. The normalized spacial score (nSPS) is 11.4. The van der Waals surface area contributed by atoms with Gasteiger partial charge in [0, 0.05) is 29.1 Å². The van der Waals surface area contributed by atoms with Gasteiger partial charge < -0.3 is 4.98 Å². The molecule has 1 aromatic heterocycles. The topological polar surface area (TPSA) is 32.9 Å². The molecule has 0 saturated heterocycles. The van der Waals surface area contributed by atoms with E-state index in [1.54, 1.807) is 6.07 Å². The molecule has 0 unspecified atom stereocenters. The molecule has 1 heterocycles. The van der Waals surface area contributed by atoms with E-state index in [0.29, 0.717) is 0 Å². The Kier molecular flexibility index (Phi) is 4.35. The highest BCUT2D eigenvalue weighted by Crippen LogP contribution is 2.08. The molecule has 0 atom stereocenters. The van der Waals surface area contributed by atoms with Crippen molar-refractivity contribution >= 4 is 10.9 Å². The lowest BCUT2D eigenvalue weighted by molar-refractivity contribution is 0.813. The van der Waals surface area contributed by atoms with Gasteiger partial charge in [-0.2, -0.15) is 0 Å². The SMILES string of the molecule is CCCC/C=C/Cc1cc(=O)c2ccccc2[nH]1. The molecule has 94 valence electrons. The number of unbranched alkanes of at least 4 members (excludes halogenated alkanes) is 2. The van der Waals surface area contributed by atoms with Crippen molar-refractivity contribution in [1.82, 2.24) is 4.98 Å². The van der Waals surface area contributed by atoms with Crippen molar-refractivity contribution in [2.24, 2.45) is 0 Å². The van der Waals surface area contributed by atoms with Gasteiger partial charge in [0.2, 0.25) is 0 Å². The first kappa shape index (κ1) is 12.6. The fourth-order valence-corrected chi connectivity index (χ4v) is 2.01. The molecule has 0 radical (unpaired) electrons. The number of hydrogen-bond acceptors (Lipinski definition) is 1. The summed E-state index contributed by atoms with van der Waals surface area (Å²) < 4.78 is 0. The van der Waals surface area contributed by atoms with Crippen LogP contribution in [0.4, 0.5) is 0 Å². The lowest BCUT2D eigenvalue weighted by Crippen LogP contribution is -2.04. The number of aromatic nitrogens is 1. The van der Waals surface area contributed by atoms with Gasteiger partial charge >= 0.3 is 0 Å². The highest BCUT2D eigenvalue weighted by Gasteiger charge is 1.99. The fraction of sp³-hybridized carbons (Fsp3) is 0.312. The molecule has 18 heavy (non-hydrogen) atoms. The summed E-state index contributed by atoms with van der Waals surface area (Å²) in [7, 11) is 0. The molecule has 0 amide bonds. The smallest absolute Gasteiger partial charge is 0.189 e. The van der Waals surface area contributed by atoms with Gasteiger partial charge in [-0.1, -0.05) is 44.1 Å². The average molecular weight is 241 g/mol. The number of benzene rings is 1. The second kappa shape index (κ2) is 6.20. The number of hydrogen-bond donors (Lipinski definition) is 1. The van der Waals surface area contributed by atoms with Gasteiger partial charge in [0.15, 0.2) is 5.43 Å². The maximum atomic E-state index is 11.9. The number of pyridine rings is 1. The van der Waals surface area contributed by atoms with E-state index in [-0.39, 0.29) is 5.43 Å². The predicted molar refractivity (Wildman–Crippen MR) is 76.9 cm³/mol. The van der Waals surface area contributed by atoms with Crippen LogP contribution in [0.2, 0.25) is 0 Å². The van der Waals surface area contributed by atoms with E-state index >= 15 is 0 Å². The summed E-state index contributed by atoms with van der Waals surface area (Å²) in [5.74, 6) is 0. The van der Waals surface area contributed by atoms with Crippen molar-refractivity contribution in [2.75, 3.05) is 0 Å². The van der Waals surface area contributed by atoms with Gasteiger partial charge in [-0.15, -0.1) is 0 Å². The van der Waals surface area contributed by atoms with Crippen LogP contribution in [0.3, 0.4) is 0 Å². The Morgan fingerprint density at radius 3 is 2.89 bits per heavy atom. The van der Waals surface area contributed by atoms with Gasteiger partial charge in [-0.25, -0.2) is 0 Å². The van der Waals surface area contributed by atoms with Crippen LogP contribution in [0.25, 0.3) is 10.9 Å². The largest absolute Gasteiger partial charge is 0.358 e. The second-order valence-corrected chi connectivity index (χ2v) is 4.52. The van der Waals surface area contributed by atoms with Crippen LogP contribution in [0.1, 0.15) is 31.9 Å². The van der Waals surface area contributed by atoms with Gasteiger partial charge in [-0.05, 0) is 18.6 Å². The van der Waals surface area contributed by atoms with E-state index < -0.39 is 0 Å². The summed E-state index contributed by atoms with van der Waals surface area (Å²) in [4.78, 5) is 15.2. The number of nitrogens with one attached hydrogen (secondary N) is 1. The van der Waals surface area contributed by atoms with Gasteiger partial charge in [0.25, 0.3) is 0 Å². The van der Waals surface area contributed by atoms with Gasteiger partial charge in [-0.3, -0.25) is 4.79 Å². The quantitative estimate of drug-likeness (QED) is 0.626. The molecule has 0 spiro atoms. The van der Waals surface area contributed by atoms with Gasteiger partial charge in [0.1, 0.15) is 0 Å². The first-order valence-corrected chi connectivity index (χ1v) is 6.57. The standard InChI is InChI=1S/C16H19NO/c1-2-3-4-5-6-9-13-12-16(18)14-10-7-8-11-15(14)17-13/h5-8,10-12H,2-4,9H2,1H3,(H,17,18)/b6-5+. The molecule has 1 N–H and O–H groups in total. The summed E-state index contributed by atoms with van der Waals surface area (Å²) in [5.41, 5.74) is 2.00. The van der Waals surface area contributed by atoms with Crippen molar-refractivity contribution in [1.29, 1.82) is 0 Å². The average Bonchev–Trinajstić information content (AvgIpc) is 2.39. The maximum absolute atomic E-state index is 11.9. The molecule has 0 bridgehead atoms. The molecule has 0 fully saturated rings. The third-order valence-electron chi connectivity index (χ3n) is 3.02. The van der Waals surface area contributed by atoms with Crippen molar-refractivity contribution in [3.8, 4) is 0 Å². The molecule has 0 aliphatic heterocycles. The lowest BCUT2D eigenvalue weighted by Gasteiger charge is -2.01. The van der Waals surface area contributed by atoms with E-state index in [9.17, 15) is 4.79 Å². The molecule has 2 heteroatoms. The Hall–Kier alpha value is -1.83. The molecular weight excluding hydrogens is 222 g/mol. The third kappa shape index (κ3) is 3.10. The molecule has 0 saturated carbocycles. The Morgan fingerprint density at radius 1 is 1.22 bits per heavy atom. The number of fused-ring (bicyclic) bond motifs is 1. The maximum Gasteiger partial charge on any atom is 0.189 e. The van der Waals surface area contributed by atoms with Crippen molar-refractivity contribution in [3.63, 3.8) is 0 Å².